The van der Waals surface area contributed by atoms with Gasteiger partial charge in [0.2, 0.25) is 5.89 Å². The van der Waals surface area contributed by atoms with Gasteiger partial charge >= 0.3 is 0 Å². The van der Waals surface area contributed by atoms with Gasteiger partial charge in [-0.15, -0.1) is 0 Å². The zero-order chi connectivity index (χ0) is 24.7. The van der Waals surface area contributed by atoms with Crippen LogP contribution in [0.15, 0.2) is 27.6 Å². The minimum Gasteiger partial charge on any atom is -0.484 e. The summed E-state index contributed by atoms with van der Waals surface area (Å²) in [4.78, 5) is 19.6. The zero-order valence-electron chi connectivity index (χ0n) is 19.5. The third-order valence-electron chi connectivity index (χ3n) is 7.45. The molecule has 5 rings (SSSR count). The molecule has 0 N–H and O–H groups in total. The van der Waals surface area contributed by atoms with Gasteiger partial charge in [0, 0.05) is 31.7 Å². The van der Waals surface area contributed by atoms with Crippen molar-refractivity contribution >= 4 is 15.7 Å². The second-order valence-corrected chi connectivity index (χ2v) is 12.4. The number of amides is 1. The number of nitrogens with zero attached hydrogens (tertiary/aromatic N) is 3. The molecule has 2 saturated carbocycles. The summed E-state index contributed by atoms with van der Waals surface area (Å²) in [5.41, 5.74) is -0.506. The topological polar surface area (TPSA) is 103 Å². The van der Waals surface area contributed by atoms with E-state index in [1.807, 2.05) is 0 Å². The van der Waals surface area contributed by atoms with Crippen molar-refractivity contribution in [2.75, 3.05) is 19.3 Å². The van der Waals surface area contributed by atoms with Crippen molar-refractivity contribution in [1.29, 1.82) is 0 Å². The van der Waals surface area contributed by atoms with Gasteiger partial charge in [-0.05, 0) is 50.3 Å². The van der Waals surface area contributed by atoms with Gasteiger partial charge in [-0.25, -0.2) is 17.2 Å². The Morgan fingerprint density at radius 1 is 1.35 bits per heavy atom. The molecule has 1 aromatic heterocycles. The zero-order valence-corrected chi connectivity index (χ0v) is 20.3. The van der Waals surface area contributed by atoms with E-state index in [2.05, 4.69) is 17.1 Å². The molecule has 2 heterocycles. The molecule has 2 aromatic rings. The largest absolute Gasteiger partial charge is 0.484 e. The monoisotopic (exact) mass is 495 g/mol. The number of rotatable bonds is 7. The number of ether oxygens (including phenoxy) is 1. The third-order valence-corrected chi connectivity index (χ3v) is 8.56. The third kappa shape index (κ3) is 3.87. The van der Waals surface area contributed by atoms with E-state index in [1.165, 1.54) is 25.1 Å². The Bertz CT molecular complexity index is 1270. The second kappa shape index (κ2) is 7.22. The normalized spacial score (nSPS) is 26.2. The van der Waals surface area contributed by atoms with Gasteiger partial charge in [-0.3, -0.25) is 4.79 Å². The summed E-state index contributed by atoms with van der Waals surface area (Å²) in [6.45, 7) is 4.78. The molecule has 184 valence electrons. The Kier molecular flexibility index (Phi) is 4.93. The Labute approximate surface area is 196 Å². The number of hydrogen-bond acceptors (Lipinski definition) is 7. The number of likely N-dealkylation sites (tertiary alicyclic amines) is 1. The number of hydrogen-bond donors (Lipinski definition) is 0. The van der Waals surface area contributed by atoms with E-state index in [0.29, 0.717) is 24.8 Å². The summed E-state index contributed by atoms with van der Waals surface area (Å²) in [5.74, 6) is -2.32. The van der Waals surface area contributed by atoms with Gasteiger partial charge in [-0.1, -0.05) is 12.1 Å². The predicted molar refractivity (Wildman–Crippen MR) is 117 cm³/mol. The molecular formula is C23H27F2N3O5S. The Morgan fingerprint density at radius 3 is 2.68 bits per heavy atom. The lowest BCUT2D eigenvalue weighted by atomic mass is 10.1. The van der Waals surface area contributed by atoms with E-state index in [0.717, 1.165) is 32.4 Å². The van der Waals surface area contributed by atoms with Gasteiger partial charge in [0.1, 0.15) is 5.75 Å². The molecule has 0 radical (unpaired) electrons. The van der Waals surface area contributed by atoms with Crippen LogP contribution < -0.4 is 4.74 Å². The molecule has 8 nitrogen and oxygen atoms in total. The fraction of sp³-hybridized carbons (Fsp3) is 0.609. The molecule has 2 unspecified atom stereocenters. The summed E-state index contributed by atoms with van der Waals surface area (Å²) in [6.07, 6.45) is 2.35. The van der Waals surface area contributed by atoms with Crippen LogP contribution in [-0.2, 0) is 20.7 Å². The average Bonchev–Trinajstić information content (AvgIpc) is 3.52. The molecular weight excluding hydrogens is 468 g/mol. The van der Waals surface area contributed by atoms with Gasteiger partial charge in [-0.2, -0.15) is 4.98 Å². The van der Waals surface area contributed by atoms with E-state index in [9.17, 15) is 22.0 Å². The number of piperidine rings is 1. The molecule has 34 heavy (non-hydrogen) atoms. The van der Waals surface area contributed by atoms with Gasteiger partial charge in [0.25, 0.3) is 11.8 Å². The van der Waals surface area contributed by atoms with Crippen LogP contribution in [0.3, 0.4) is 0 Å². The first-order chi connectivity index (χ1) is 15.7. The molecule has 1 aromatic carbocycles. The number of fused-ring (bicyclic) bond motifs is 1. The summed E-state index contributed by atoms with van der Waals surface area (Å²) in [7, 11) is -3.63. The molecule has 11 heteroatoms. The molecule has 3 fully saturated rings. The maximum atomic E-state index is 13.8. The maximum Gasteiger partial charge on any atom is 0.281 e. The maximum absolute atomic E-state index is 13.8. The van der Waals surface area contributed by atoms with E-state index < -0.39 is 27.8 Å². The second-order valence-electron chi connectivity index (χ2n) is 10.4. The molecule has 1 saturated heterocycles. The fourth-order valence-electron chi connectivity index (χ4n) is 4.53. The molecule has 1 aliphatic heterocycles. The first-order valence-corrected chi connectivity index (χ1v) is 13.1. The lowest BCUT2D eigenvalue weighted by Crippen LogP contribution is -2.35. The highest BCUT2D eigenvalue weighted by molar-refractivity contribution is 7.90. The number of aromatic nitrogens is 2. The Balaban J connectivity index is 1.42. The lowest BCUT2D eigenvalue weighted by Gasteiger charge is -2.25. The minimum absolute atomic E-state index is 0.0588. The Morgan fingerprint density at radius 2 is 2.06 bits per heavy atom. The van der Waals surface area contributed by atoms with Crippen molar-refractivity contribution < 1.29 is 31.3 Å². The number of benzene rings is 1. The number of carbonyl (C=O) groups excluding carboxylic acids is 1. The minimum atomic E-state index is -3.63. The van der Waals surface area contributed by atoms with Crippen molar-refractivity contribution in [3.63, 3.8) is 0 Å². The highest BCUT2D eigenvalue weighted by Crippen LogP contribution is 2.59. The molecule has 3 aliphatic rings. The first-order valence-electron chi connectivity index (χ1n) is 11.3. The van der Waals surface area contributed by atoms with Gasteiger partial charge in [0.15, 0.2) is 21.8 Å². The van der Waals surface area contributed by atoms with Gasteiger partial charge < -0.3 is 14.2 Å². The molecule has 0 bridgehead atoms. The van der Waals surface area contributed by atoms with Crippen LogP contribution in [-0.4, -0.2) is 60.7 Å². The van der Waals surface area contributed by atoms with Crippen LogP contribution in [0.25, 0.3) is 0 Å². The molecule has 3 atom stereocenters. The summed E-state index contributed by atoms with van der Waals surface area (Å²) in [5, 5.41) is 4.20. The van der Waals surface area contributed by atoms with E-state index in [4.69, 9.17) is 9.26 Å². The molecule has 0 spiro atoms. The van der Waals surface area contributed by atoms with E-state index in [1.54, 1.807) is 4.90 Å². The van der Waals surface area contributed by atoms with Gasteiger partial charge in [0.05, 0.1) is 15.9 Å². The summed E-state index contributed by atoms with van der Waals surface area (Å²) in [6, 6.07) is 3.72. The van der Waals surface area contributed by atoms with Crippen molar-refractivity contribution in [1.82, 2.24) is 15.0 Å². The lowest BCUT2D eigenvalue weighted by molar-refractivity contribution is -0.0720. The van der Waals surface area contributed by atoms with Crippen LogP contribution in [0, 0.1) is 5.92 Å². The van der Waals surface area contributed by atoms with Crippen LogP contribution in [0.5, 0.6) is 5.75 Å². The van der Waals surface area contributed by atoms with Crippen molar-refractivity contribution in [2.24, 2.45) is 5.92 Å². The van der Waals surface area contributed by atoms with Crippen molar-refractivity contribution in [3.8, 4) is 5.75 Å². The fourth-order valence-corrected chi connectivity index (χ4v) is 5.18. The highest BCUT2D eigenvalue weighted by Gasteiger charge is 2.65. The quantitative estimate of drug-likeness (QED) is 0.580. The summed E-state index contributed by atoms with van der Waals surface area (Å²) >= 11 is 0. The van der Waals surface area contributed by atoms with E-state index in [-0.39, 0.29) is 33.0 Å². The molecule has 1 amide bonds. The van der Waals surface area contributed by atoms with Crippen LogP contribution in [0.1, 0.15) is 62.1 Å². The van der Waals surface area contributed by atoms with Crippen molar-refractivity contribution in [3.05, 3.63) is 35.5 Å². The number of carbonyl (C=O) groups is 1. The number of halogens is 2. The van der Waals surface area contributed by atoms with Crippen LogP contribution >= 0.6 is 0 Å². The highest BCUT2D eigenvalue weighted by atomic mass is 32.2. The first kappa shape index (κ1) is 23.2. The SMILES string of the molecule is C[C@H](Oc1ccc(S(C)(=O)=O)cc1C(=O)N1CC2CC2(c2noc(C3(C)CC3)n2)C1)C(C)(F)F. The van der Waals surface area contributed by atoms with Crippen molar-refractivity contribution in [2.45, 2.75) is 67.8 Å². The number of sulfone groups is 1. The summed E-state index contributed by atoms with van der Waals surface area (Å²) < 4.78 is 62.6. The number of alkyl halides is 2. The van der Waals surface area contributed by atoms with Crippen LogP contribution in [0.4, 0.5) is 8.78 Å². The predicted octanol–water partition coefficient (Wildman–Crippen LogP) is 3.36. The standard InChI is InChI=1S/C23H27F2N3O5S/c1-13(22(3,24)25)32-17-6-5-15(34(4,30)31)9-16(17)18(29)28-11-14-10-23(14,12-28)19-26-20(33-27-19)21(2)7-8-21/h5-6,9,13-14H,7-8,10-12H2,1-4H3/t13-,14?,23?/m0/s1. The Hall–Kier alpha value is -2.56. The van der Waals surface area contributed by atoms with Crippen LogP contribution in [0.2, 0.25) is 0 Å². The average molecular weight is 496 g/mol. The molecule has 2 aliphatic carbocycles. The van der Waals surface area contributed by atoms with E-state index >= 15 is 0 Å². The smallest absolute Gasteiger partial charge is 0.281 e.